The highest BCUT2D eigenvalue weighted by Gasteiger charge is 2.35. The zero-order valence-electron chi connectivity index (χ0n) is 14.9. The lowest BCUT2D eigenvalue weighted by Gasteiger charge is -2.12. The Balaban J connectivity index is 1.80. The van der Waals surface area contributed by atoms with Crippen LogP contribution in [0.3, 0.4) is 0 Å². The standard InChI is InChI=1S/C20H18FNO4S/c1-3-26-16-9-6-14(10-17(16)25-2)11-18-19(23)22(20(24)27-18)12-13-4-7-15(21)8-5-13/h4-11H,3,12H2,1-2H3/b18-11-. The van der Waals surface area contributed by atoms with E-state index in [9.17, 15) is 14.0 Å². The van der Waals surface area contributed by atoms with E-state index >= 15 is 0 Å². The average molecular weight is 387 g/mol. The maximum Gasteiger partial charge on any atom is 0.293 e. The van der Waals surface area contributed by atoms with E-state index in [4.69, 9.17) is 9.47 Å². The lowest BCUT2D eigenvalue weighted by atomic mass is 10.1. The minimum absolute atomic E-state index is 0.106. The van der Waals surface area contributed by atoms with Crippen LogP contribution in [0.2, 0.25) is 0 Å². The summed E-state index contributed by atoms with van der Waals surface area (Å²) in [5, 5.41) is -0.353. The number of carbonyl (C=O) groups is 2. The van der Waals surface area contributed by atoms with Crippen LogP contribution in [-0.4, -0.2) is 29.8 Å². The van der Waals surface area contributed by atoms with Crippen molar-refractivity contribution in [3.8, 4) is 11.5 Å². The van der Waals surface area contributed by atoms with Gasteiger partial charge in [-0.1, -0.05) is 18.2 Å². The SMILES string of the molecule is CCOc1ccc(/C=C2\SC(=O)N(Cc3ccc(F)cc3)C2=O)cc1OC. The van der Waals surface area contributed by atoms with Crippen LogP contribution in [0.5, 0.6) is 11.5 Å². The van der Waals surface area contributed by atoms with Gasteiger partial charge in [-0.2, -0.15) is 0 Å². The number of nitrogens with zero attached hydrogens (tertiary/aromatic N) is 1. The fourth-order valence-corrected chi connectivity index (χ4v) is 3.45. The summed E-state index contributed by atoms with van der Waals surface area (Å²) in [4.78, 5) is 26.3. The number of imide groups is 1. The number of halogens is 1. The first-order valence-corrected chi connectivity index (χ1v) is 9.14. The summed E-state index contributed by atoms with van der Waals surface area (Å²) in [5.74, 6) is 0.428. The van der Waals surface area contributed by atoms with Crippen LogP contribution in [0.1, 0.15) is 18.1 Å². The molecule has 0 saturated carbocycles. The minimum Gasteiger partial charge on any atom is -0.493 e. The van der Waals surface area contributed by atoms with Crippen molar-refractivity contribution >= 4 is 29.0 Å². The van der Waals surface area contributed by atoms with Crippen molar-refractivity contribution in [3.63, 3.8) is 0 Å². The molecule has 27 heavy (non-hydrogen) atoms. The molecule has 5 nitrogen and oxygen atoms in total. The van der Waals surface area contributed by atoms with Crippen molar-refractivity contribution in [1.29, 1.82) is 0 Å². The third kappa shape index (κ3) is 4.31. The molecule has 1 aliphatic heterocycles. The molecular formula is C20H18FNO4S. The van der Waals surface area contributed by atoms with E-state index in [2.05, 4.69) is 0 Å². The molecule has 0 N–H and O–H groups in total. The van der Waals surface area contributed by atoms with E-state index in [0.29, 0.717) is 28.6 Å². The monoisotopic (exact) mass is 387 g/mol. The van der Waals surface area contributed by atoms with Crippen molar-refractivity contribution in [1.82, 2.24) is 4.90 Å². The average Bonchev–Trinajstić information content (AvgIpc) is 2.92. The van der Waals surface area contributed by atoms with E-state index < -0.39 is 0 Å². The van der Waals surface area contributed by atoms with E-state index in [0.717, 1.165) is 22.2 Å². The number of hydrogen-bond acceptors (Lipinski definition) is 5. The van der Waals surface area contributed by atoms with Gasteiger partial charge in [-0.05, 0) is 60.2 Å². The molecule has 1 aliphatic rings. The number of hydrogen-bond donors (Lipinski definition) is 0. The zero-order chi connectivity index (χ0) is 19.4. The molecule has 0 atom stereocenters. The summed E-state index contributed by atoms with van der Waals surface area (Å²) in [7, 11) is 1.54. The molecule has 1 heterocycles. The molecule has 3 rings (SSSR count). The number of methoxy groups -OCH3 is 1. The lowest BCUT2D eigenvalue weighted by molar-refractivity contribution is -0.123. The highest BCUT2D eigenvalue weighted by atomic mass is 32.2. The van der Waals surface area contributed by atoms with Gasteiger partial charge in [0.05, 0.1) is 25.2 Å². The summed E-state index contributed by atoms with van der Waals surface area (Å²) in [5.41, 5.74) is 1.41. The van der Waals surface area contributed by atoms with Crippen LogP contribution in [0.4, 0.5) is 9.18 Å². The molecule has 0 radical (unpaired) electrons. The van der Waals surface area contributed by atoms with Crippen LogP contribution in [0.15, 0.2) is 47.4 Å². The van der Waals surface area contributed by atoms with Gasteiger partial charge in [0.2, 0.25) is 0 Å². The molecule has 1 saturated heterocycles. The highest BCUT2D eigenvalue weighted by Crippen LogP contribution is 2.35. The minimum atomic E-state index is -0.373. The third-order valence-electron chi connectivity index (χ3n) is 3.91. The molecule has 2 amide bonds. The smallest absolute Gasteiger partial charge is 0.293 e. The second kappa shape index (κ2) is 8.26. The number of rotatable bonds is 6. The molecule has 2 aromatic rings. The van der Waals surface area contributed by atoms with E-state index in [1.165, 1.54) is 19.2 Å². The van der Waals surface area contributed by atoms with Gasteiger partial charge in [-0.15, -0.1) is 0 Å². The van der Waals surface area contributed by atoms with Crippen molar-refractivity contribution in [2.75, 3.05) is 13.7 Å². The molecule has 0 unspecified atom stereocenters. The van der Waals surface area contributed by atoms with E-state index in [-0.39, 0.29) is 23.5 Å². The summed E-state index contributed by atoms with van der Waals surface area (Å²) in [6.07, 6.45) is 1.65. The van der Waals surface area contributed by atoms with Crippen LogP contribution < -0.4 is 9.47 Å². The number of benzene rings is 2. The first-order chi connectivity index (χ1) is 13.0. The highest BCUT2D eigenvalue weighted by molar-refractivity contribution is 8.18. The number of ether oxygens (including phenoxy) is 2. The Bertz CT molecular complexity index is 895. The normalized spacial score (nSPS) is 15.5. The second-order valence-electron chi connectivity index (χ2n) is 5.74. The first-order valence-electron chi connectivity index (χ1n) is 8.32. The second-order valence-corrected chi connectivity index (χ2v) is 6.73. The summed E-state index contributed by atoms with van der Waals surface area (Å²) in [6, 6.07) is 11.0. The Morgan fingerprint density at radius 2 is 1.85 bits per heavy atom. The summed E-state index contributed by atoms with van der Waals surface area (Å²) < 4.78 is 23.8. The largest absolute Gasteiger partial charge is 0.493 e. The summed E-state index contributed by atoms with van der Waals surface area (Å²) >= 11 is 0.879. The third-order valence-corrected chi connectivity index (χ3v) is 4.82. The molecular weight excluding hydrogens is 369 g/mol. The maximum atomic E-state index is 13.0. The fourth-order valence-electron chi connectivity index (χ4n) is 2.61. The number of amides is 2. The van der Waals surface area contributed by atoms with Gasteiger partial charge in [0.15, 0.2) is 11.5 Å². The van der Waals surface area contributed by atoms with Gasteiger partial charge < -0.3 is 9.47 Å². The van der Waals surface area contributed by atoms with Gasteiger partial charge in [-0.3, -0.25) is 14.5 Å². The quantitative estimate of drug-likeness (QED) is 0.685. The van der Waals surface area contributed by atoms with Gasteiger partial charge in [0.25, 0.3) is 11.1 Å². The number of carbonyl (C=O) groups excluding carboxylic acids is 2. The Kier molecular flexibility index (Phi) is 5.81. The van der Waals surface area contributed by atoms with Crippen molar-refractivity contribution < 1.29 is 23.5 Å². The zero-order valence-corrected chi connectivity index (χ0v) is 15.7. The van der Waals surface area contributed by atoms with Crippen molar-refractivity contribution in [2.45, 2.75) is 13.5 Å². The molecule has 7 heteroatoms. The Morgan fingerprint density at radius 1 is 1.11 bits per heavy atom. The first kappa shape index (κ1) is 19.0. The molecule has 2 aromatic carbocycles. The molecule has 0 aliphatic carbocycles. The predicted octanol–water partition coefficient (Wildman–Crippen LogP) is 4.47. The van der Waals surface area contributed by atoms with Crippen LogP contribution in [0, 0.1) is 5.82 Å². The molecule has 0 bridgehead atoms. The van der Waals surface area contributed by atoms with E-state index in [1.807, 2.05) is 6.92 Å². The topological polar surface area (TPSA) is 55.8 Å². The van der Waals surface area contributed by atoms with Gasteiger partial charge >= 0.3 is 0 Å². The van der Waals surface area contributed by atoms with Gasteiger partial charge in [-0.25, -0.2) is 4.39 Å². The van der Waals surface area contributed by atoms with Crippen molar-refractivity contribution in [2.24, 2.45) is 0 Å². The summed E-state index contributed by atoms with van der Waals surface area (Å²) in [6.45, 7) is 2.50. The maximum absolute atomic E-state index is 13.0. The van der Waals surface area contributed by atoms with Crippen molar-refractivity contribution in [3.05, 3.63) is 64.3 Å². The lowest BCUT2D eigenvalue weighted by Crippen LogP contribution is -2.27. The molecule has 140 valence electrons. The van der Waals surface area contributed by atoms with E-state index in [1.54, 1.807) is 36.4 Å². The fraction of sp³-hybridized carbons (Fsp3) is 0.200. The molecule has 1 fully saturated rings. The Hall–Kier alpha value is -2.80. The Morgan fingerprint density at radius 3 is 2.52 bits per heavy atom. The van der Waals surface area contributed by atoms with Gasteiger partial charge in [0.1, 0.15) is 5.82 Å². The van der Waals surface area contributed by atoms with Crippen LogP contribution >= 0.6 is 11.8 Å². The Labute approximate surface area is 160 Å². The molecule has 0 spiro atoms. The number of thioether (sulfide) groups is 1. The van der Waals surface area contributed by atoms with Gasteiger partial charge in [0, 0.05) is 0 Å². The van der Waals surface area contributed by atoms with Crippen LogP contribution in [-0.2, 0) is 11.3 Å². The predicted molar refractivity (Wildman–Crippen MR) is 102 cm³/mol. The molecule has 0 aromatic heterocycles. The van der Waals surface area contributed by atoms with Crippen LogP contribution in [0.25, 0.3) is 6.08 Å².